The Morgan fingerprint density at radius 3 is 2.52 bits per heavy atom. The van der Waals surface area contributed by atoms with Crippen molar-refractivity contribution >= 4 is 0 Å². The fraction of sp³-hybridized carbons (Fsp3) is 0.667. The Morgan fingerprint density at radius 2 is 1.90 bits per heavy atom. The second kappa shape index (κ2) is 7.17. The van der Waals surface area contributed by atoms with E-state index < -0.39 is 0 Å². The fourth-order valence-corrected chi connectivity index (χ4v) is 3.55. The highest BCUT2D eigenvalue weighted by Crippen LogP contribution is 2.49. The van der Waals surface area contributed by atoms with Gasteiger partial charge in [-0.3, -0.25) is 0 Å². The molecule has 1 aliphatic rings. The molecule has 21 heavy (non-hydrogen) atoms. The van der Waals surface area contributed by atoms with Crippen molar-refractivity contribution in [3.8, 4) is 11.5 Å². The van der Waals surface area contributed by atoms with Crippen LogP contribution in [0.4, 0.5) is 0 Å². The van der Waals surface area contributed by atoms with Crippen LogP contribution in [0.25, 0.3) is 0 Å². The first-order chi connectivity index (χ1) is 10.2. The maximum absolute atomic E-state index is 6.28. The van der Waals surface area contributed by atoms with Gasteiger partial charge in [0.1, 0.15) is 17.6 Å². The first-order valence-corrected chi connectivity index (χ1v) is 8.24. The van der Waals surface area contributed by atoms with Crippen molar-refractivity contribution in [1.82, 2.24) is 5.32 Å². The summed E-state index contributed by atoms with van der Waals surface area (Å²) in [5.74, 6) is 1.77. The Hall–Kier alpha value is -1.22. The van der Waals surface area contributed by atoms with Crippen LogP contribution in [0.2, 0.25) is 0 Å². The van der Waals surface area contributed by atoms with E-state index in [9.17, 15) is 0 Å². The number of methoxy groups -OCH3 is 1. The third-order valence-electron chi connectivity index (χ3n) is 5.06. The Kier molecular flexibility index (Phi) is 5.51. The fourth-order valence-electron chi connectivity index (χ4n) is 3.55. The lowest BCUT2D eigenvalue weighted by atomic mass is 9.58. The number of hydrogen-bond acceptors (Lipinski definition) is 3. The lowest BCUT2D eigenvalue weighted by molar-refractivity contribution is -0.0858. The normalized spacial score (nSPS) is 23.4. The summed E-state index contributed by atoms with van der Waals surface area (Å²) in [4.78, 5) is 0. The zero-order valence-electron chi connectivity index (χ0n) is 13.8. The molecule has 0 aliphatic heterocycles. The Bertz CT molecular complexity index is 443. The highest BCUT2D eigenvalue weighted by molar-refractivity contribution is 5.33. The largest absolute Gasteiger partial charge is 0.497 e. The van der Waals surface area contributed by atoms with Crippen LogP contribution < -0.4 is 14.8 Å². The van der Waals surface area contributed by atoms with E-state index in [0.29, 0.717) is 12.1 Å². The second-order valence-corrected chi connectivity index (χ2v) is 5.97. The second-order valence-electron chi connectivity index (χ2n) is 5.97. The Morgan fingerprint density at radius 1 is 1.19 bits per heavy atom. The van der Waals surface area contributed by atoms with Crippen LogP contribution in [-0.4, -0.2) is 25.8 Å². The summed E-state index contributed by atoms with van der Waals surface area (Å²) < 4.78 is 11.6. The SMILES string of the molecule is CCCNC1CC(Oc2cccc(OC)c2)C1(CC)CC. The highest BCUT2D eigenvalue weighted by atomic mass is 16.5. The van der Waals surface area contributed by atoms with Crippen molar-refractivity contribution in [3.05, 3.63) is 24.3 Å². The predicted molar refractivity (Wildman–Crippen MR) is 87.1 cm³/mol. The summed E-state index contributed by atoms with van der Waals surface area (Å²) in [7, 11) is 1.69. The van der Waals surface area contributed by atoms with Crippen molar-refractivity contribution in [3.63, 3.8) is 0 Å². The molecule has 2 rings (SSSR count). The van der Waals surface area contributed by atoms with E-state index in [2.05, 4.69) is 26.1 Å². The Balaban J connectivity index is 2.05. The highest BCUT2D eigenvalue weighted by Gasteiger charge is 2.53. The maximum atomic E-state index is 6.28. The first-order valence-electron chi connectivity index (χ1n) is 8.24. The van der Waals surface area contributed by atoms with Crippen LogP contribution in [0, 0.1) is 5.41 Å². The minimum atomic E-state index is 0.262. The molecule has 118 valence electrons. The molecule has 1 aliphatic carbocycles. The molecule has 3 nitrogen and oxygen atoms in total. The summed E-state index contributed by atoms with van der Waals surface area (Å²) >= 11 is 0. The molecule has 1 aromatic rings. The van der Waals surface area contributed by atoms with Crippen molar-refractivity contribution in [1.29, 1.82) is 0 Å². The van der Waals surface area contributed by atoms with Gasteiger partial charge in [-0.1, -0.05) is 26.8 Å². The molecule has 1 N–H and O–H groups in total. The van der Waals surface area contributed by atoms with Gasteiger partial charge in [-0.15, -0.1) is 0 Å². The molecule has 0 amide bonds. The molecule has 0 heterocycles. The molecule has 3 heteroatoms. The minimum absolute atomic E-state index is 0.262. The van der Waals surface area contributed by atoms with E-state index in [0.717, 1.165) is 37.3 Å². The molecule has 2 unspecified atom stereocenters. The molecule has 0 saturated heterocycles. The van der Waals surface area contributed by atoms with Crippen molar-refractivity contribution < 1.29 is 9.47 Å². The van der Waals surface area contributed by atoms with E-state index >= 15 is 0 Å². The molecule has 0 bridgehead atoms. The molecule has 1 saturated carbocycles. The van der Waals surface area contributed by atoms with Crippen molar-refractivity contribution in [2.75, 3.05) is 13.7 Å². The standard InChI is InChI=1S/C18H29NO2/c1-5-11-19-16-13-17(18(16,6-2)7-3)21-15-10-8-9-14(12-15)20-4/h8-10,12,16-17,19H,5-7,11,13H2,1-4H3. The predicted octanol–water partition coefficient (Wildman–Crippen LogP) is 4.02. The quantitative estimate of drug-likeness (QED) is 0.784. The van der Waals surface area contributed by atoms with Crippen LogP contribution in [-0.2, 0) is 0 Å². The number of ether oxygens (including phenoxy) is 2. The third-order valence-corrected chi connectivity index (χ3v) is 5.06. The average Bonchev–Trinajstić information content (AvgIpc) is 2.51. The number of hydrogen-bond donors (Lipinski definition) is 1. The van der Waals surface area contributed by atoms with Gasteiger partial charge in [0, 0.05) is 23.9 Å². The number of nitrogens with one attached hydrogen (secondary N) is 1. The Labute approximate surface area is 129 Å². The van der Waals surface area contributed by atoms with E-state index in [1.807, 2.05) is 24.3 Å². The smallest absolute Gasteiger partial charge is 0.123 e. The van der Waals surface area contributed by atoms with Gasteiger partial charge in [-0.25, -0.2) is 0 Å². The molecule has 0 aromatic heterocycles. The monoisotopic (exact) mass is 291 g/mol. The van der Waals surface area contributed by atoms with Crippen LogP contribution in [0.5, 0.6) is 11.5 Å². The van der Waals surface area contributed by atoms with E-state index in [1.165, 1.54) is 6.42 Å². The van der Waals surface area contributed by atoms with Crippen LogP contribution >= 0.6 is 0 Å². The molecule has 0 spiro atoms. The van der Waals surface area contributed by atoms with Gasteiger partial charge < -0.3 is 14.8 Å². The molecule has 2 atom stereocenters. The first kappa shape index (κ1) is 16.2. The van der Waals surface area contributed by atoms with Crippen molar-refractivity contribution in [2.45, 2.75) is 58.6 Å². The summed E-state index contributed by atoms with van der Waals surface area (Å²) in [6.07, 6.45) is 4.88. The van der Waals surface area contributed by atoms with Gasteiger partial charge in [-0.05, 0) is 37.9 Å². The van der Waals surface area contributed by atoms with Crippen LogP contribution in [0.3, 0.4) is 0 Å². The van der Waals surface area contributed by atoms with E-state index in [4.69, 9.17) is 9.47 Å². The summed E-state index contributed by atoms with van der Waals surface area (Å²) in [6, 6.07) is 8.52. The van der Waals surface area contributed by atoms with Crippen molar-refractivity contribution in [2.24, 2.45) is 5.41 Å². The summed E-state index contributed by atoms with van der Waals surface area (Å²) in [5.41, 5.74) is 0.262. The molecule has 1 fully saturated rings. The lowest BCUT2D eigenvalue weighted by Gasteiger charge is -2.55. The summed E-state index contributed by atoms with van der Waals surface area (Å²) in [6.45, 7) is 7.88. The van der Waals surface area contributed by atoms with Gasteiger partial charge >= 0.3 is 0 Å². The molecule has 1 aromatic carbocycles. The zero-order chi connectivity index (χ0) is 15.3. The van der Waals surface area contributed by atoms with Gasteiger partial charge in [0.25, 0.3) is 0 Å². The number of benzene rings is 1. The molecular weight excluding hydrogens is 262 g/mol. The van der Waals surface area contributed by atoms with Gasteiger partial charge in [0.2, 0.25) is 0 Å². The van der Waals surface area contributed by atoms with Gasteiger partial charge in [0.05, 0.1) is 7.11 Å². The average molecular weight is 291 g/mol. The topological polar surface area (TPSA) is 30.5 Å². The number of rotatable bonds is 8. The third kappa shape index (κ3) is 3.18. The van der Waals surface area contributed by atoms with Gasteiger partial charge in [-0.2, -0.15) is 0 Å². The van der Waals surface area contributed by atoms with E-state index in [-0.39, 0.29) is 5.41 Å². The summed E-state index contributed by atoms with van der Waals surface area (Å²) in [5, 5.41) is 3.70. The zero-order valence-corrected chi connectivity index (χ0v) is 13.8. The minimum Gasteiger partial charge on any atom is -0.497 e. The maximum Gasteiger partial charge on any atom is 0.123 e. The van der Waals surface area contributed by atoms with Crippen LogP contribution in [0.15, 0.2) is 24.3 Å². The van der Waals surface area contributed by atoms with Crippen LogP contribution in [0.1, 0.15) is 46.5 Å². The lowest BCUT2D eigenvalue weighted by Crippen LogP contribution is -2.64. The van der Waals surface area contributed by atoms with E-state index in [1.54, 1.807) is 7.11 Å². The molecule has 0 radical (unpaired) electrons. The van der Waals surface area contributed by atoms with Gasteiger partial charge in [0.15, 0.2) is 0 Å². The molecular formula is C18H29NO2.